The molecule has 2 saturated carbocycles. The molecule has 0 radical (unpaired) electrons. The summed E-state index contributed by atoms with van der Waals surface area (Å²) >= 11 is 0. The summed E-state index contributed by atoms with van der Waals surface area (Å²) in [7, 11) is 0. The first-order chi connectivity index (χ1) is 19.5. The van der Waals surface area contributed by atoms with Gasteiger partial charge in [-0.05, 0) is 75.3 Å². The quantitative estimate of drug-likeness (QED) is 0.133. The Morgan fingerprint density at radius 2 is 0.875 bits per heavy atom. The van der Waals surface area contributed by atoms with Crippen LogP contribution in [-0.2, 0) is 0 Å². The van der Waals surface area contributed by atoms with E-state index < -0.39 is 11.6 Å². The third kappa shape index (κ3) is 10.1. The third-order valence-corrected chi connectivity index (χ3v) is 9.98. The Hall–Kier alpha value is -1.58. The number of ketones is 2. The number of rotatable bonds is 18. The molecule has 0 atom stereocenters. The molecule has 40 heavy (non-hydrogen) atoms. The average molecular weight is 559 g/mol. The first-order valence-corrected chi connectivity index (χ1v) is 17.0. The van der Waals surface area contributed by atoms with E-state index in [1.54, 1.807) is 0 Å². The van der Waals surface area contributed by atoms with Gasteiger partial charge in [0.05, 0.1) is 11.1 Å². The van der Waals surface area contributed by atoms with Gasteiger partial charge < -0.3 is 0 Å². The van der Waals surface area contributed by atoms with Crippen molar-refractivity contribution in [2.45, 2.75) is 155 Å². The van der Waals surface area contributed by atoms with Crippen LogP contribution in [0.2, 0.25) is 0 Å². The van der Waals surface area contributed by atoms with Crippen molar-refractivity contribution in [3.05, 3.63) is 34.9 Å². The summed E-state index contributed by atoms with van der Waals surface area (Å²) in [6.07, 6.45) is 24.9. The van der Waals surface area contributed by atoms with Gasteiger partial charge in [0.1, 0.15) is 0 Å². The monoisotopic (exact) mass is 558 g/mol. The molecule has 1 aromatic carbocycles. The van der Waals surface area contributed by atoms with Gasteiger partial charge in [-0.25, -0.2) is 8.78 Å². The van der Waals surface area contributed by atoms with Gasteiger partial charge >= 0.3 is 0 Å². The lowest BCUT2D eigenvalue weighted by Gasteiger charge is -2.28. The summed E-state index contributed by atoms with van der Waals surface area (Å²) < 4.78 is 30.3. The smallest absolute Gasteiger partial charge is 0.170 e. The van der Waals surface area contributed by atoms with Crippen molar-refractivity contribution in [2.24, 2.45) is 23.7 Å². The molecular weight excluding hydrogens is 502 g/mol. The van der Waals surface area contributed by atoms with Crippen molar-refractivity contribution < 1.29 is 18.4 Å². The van der Waals surface area contributed by atoms with Crippen molar-refractivity contribution in [1.29, 1.82) is 0 Å². The van der Waals surface area contributed by atoms with Gasteiger partial charge in [-0.1, -0.05) is 104 Å². The molecule has 0 spiro atoms. The van der Waals surface area contributed by atoms with Gasteiger partial charge in [-0.2, -0.15) is 0 Å². The molecule has 2 fully saturated rings. The minimum Gasteiger partial charge on any atom is -0.294 e. The maximum atomic E-state index is 15.1. The molecule has 0 saturated heterocycles. The van der Waals surface area contributed by atoms with Crippen molar-refractivity contribution in [2.75, 3.05) is 0 Å². The third-order valence-electron chi connectivity index (χ3n) is 9.98. The summed E-state index contributed by atoms with van der Waals surface area (Å²) in [5.41, 5.74) is -0.341. The lowest BCUT2D eigenvalue weighted by atomic mass is 9.76. The van der Waals surface area contributed by atoms with E-state index in [-0.39, 0.29) is 34.5 Å². The van der Waals surface area contributed by atoms with Crippen LogP contribution in [0.1, 0.15) is 176 Å². The number of Topliss-reactive ketones (excluding diaryl/α,β-unsaturated/α-hetero) is 2. The highest BCUT2D eigenvalue weighted by Gasteiger charge is 2.33. The predicted octanol–water partition coefficient (Wildman–Crippen LogP) is 11.4. The highest BCUT2D eigenvalue weighted by Crippen LogP contribution is 2.37. The first kappa shape index (κ1) is 32.9. The van der Waals surface area contributed by atoms with E-state index in [1.165, 1.54) is 102 Å². The van der Waals surface area contributed by atoms with Crippen molar-refractivity contribution in [3.8, 4) is 0 Å². The Labute approximate surface area is 243 Å². The summed E-state index contributed by atoms with van der Waals surface area (Å²) in [6.45, 7) is 4.47. The van der Waals surface area contributed by atoms with Gasteiger partial charge in [0.2, 0.25) is 0 Å². The van der Waals surface area contributed by atoms with E-state index in [0.29, 0.717) is 11.8 Å². The number of hydrogen-bond acceptors (Lipinski definition) is 2. The molecule has 1 aromatic rings. The molecule has 2 aliphatic rings. The number of carbonyl (C=O) groups excluding carboxylic acids is 2. The molecule has 0 N–H and O–H groups in total. The Balaban J connectivity index is 1.43. The summed E-state index contributed by atoms with van der Waals surface area (Å²) in [5.74, 6) is -2.00. The summed E-state index contributed by atoms with van der Waals surface area (Å²) in [5, 5.41) is 0. The van der Waals surface area contributed by atoms with Gasteiger partial charge in [0.15, 0.2) is 23.2 Å². The number of benzene rings is 1. The van der Waals surface area contributed by atoms with Gasteiger partial charge in [-0.15, -0.1) is 0 Å². The molecule has 4 heteroatoms. The van der Waals surface area contributed by atoms with Gasteiger partial charge in [0.25, 0.3) is 0 Å². The van der Waals surface area contributed by atoms with Crippen molar-refractivity contribution in [1.82, 2.24) is 0 Å². The van der Waals surface area contributed by atoms with E-state index >= 15 is 8.78 Å². The number of carbonyl (C=O) groups is 2. The minimum absolute atomic E-state index is 0.170. The summed E-state index contributed by atoms with van der Waals surface area (Å²) in [4.78, 5) is 26.3. The normalized spacial score (nSPS) is 23.3. The number of unbranched alkanes of at least 4 members (excludes halogenated alkanes) is 10. The Morgan fingerprint density at radius 3 is 1.23 bits per heavy atom. The van der Waals surface area contributed by atoms with Crippen LogP contribution in [-0.4, -0.2) is 11.6 Å². The lowest BCUT2D eigenvalue weighted by Crippen LogP contribution is -2.25. The lowest BCUT2D eigenvalue weighted by molar-refractivity contribution is 0.0849. The Kier molecular flexibility index (Phi) is 14.9. The minimum atomic E-state index is -1.12. The van der Waals surface area contributed by atoms with E-state index in [9.17, 15) is 9.59 Å². The van der Waals surface area contributed by atoms with Crippen LogP contribution in [0.5, 0.6) is 0 Å². The molecule has 2 nitrogen and oxygen atoms in total. The fraction of sp³-hybridized carbons (Fsp3) is 0.778. The summed E-state index contributed by atoms with van der Waals surface area (Å²) in [6, 6.07) is 2.75. The Morgan fingerprint density at radius 1 is 0.550 bits per heavy atom. The molecular formula is C36H56F2O2. The highest BCUT2D eigenvalue weighted by atomic mass is 19.2. The fourth-order valence-corrected chi connectivity index (χ4v) is 7.22. The zero-order valence-electron chi connectivity index (χ0n) is 25.6. The van der Waals surface area contributed by atoms with Crippen LogP contribution in [0.25, 0.3) is 0 Å². The van der Waals surface area contributed by atoms with Crippen LogP contribution >= 0.6 is 0 Å². The van der Waals surface area contributed by atoms with E-state index in [4.69, 9.17) is 0 Å². The zero-order chi connectivity index (χ0) is 28.7. The van der Waals surface area contributed by atoms with Crippen LogP contribution in [0.15, 0.2) is 12.1 Å². The molecule has 2 aliphatic carbocycles. The molecule has 0 amide bonds. The Bertz CT molecular complexity index is 821. The van der Waals surface area contributed by atoms with E-state index in [1.807, 2.05) is 0 Å². The second-order valence-electron chi connectivity index (χ2n) is 13.1. The molecule has 0 unspecified atom stereocenters. The maximum Gasteiger partial charge on any atom is 0.170 e. The molecule has 0 aromatic heterocycles. The standard InChI is InChI=1S/C36H56F2O2/c1-3-5-7-9-11-13-15-27-17-21-29(22-18-27)35(39)31-25-26-32(34(38)33(31)37)36(40)30-23-19-28(20-24-30)16-14-12-10-8-6-4-2/h25-30H,3-24H2,1-2H3. The van der Waals surface area contributed by atoms with Crippen LogP contribution in [0.3, 0.4) is 0 Å². The van der Waals surface area contributed by atoms with Crippen molar-refractivity contribution >= 4 is 11.6 Å². The average Bonchev–Trinajstić information content (AvgIpc) is 2.98. The molecule has 0 bridgehead atoms. The van der Waals surface area contributed by atoms with Gasteiger partial charge in [0, 0.05) is 11.8 Å². The maximum absolute atomic E-state index is 15.1. The number of halogens is 2. The largest absolute Gasteiger partial charge is 0.294 e. The highest BCUT2D eigenvalue weighted by molar-refractivity contribution is 6.01. The SMILES string of the molecule is CCCCCCCCC1CCC(C(=O)c2ccc(C(=O)C3CCC(CCCCCCCC)CC3)c(F)c2F)CC1. The topological polar surface area (TPSA) is 34.1 Å². The second-order valence-corrected chi connectivity index (χ2v) is 13.1. The molecule has 226 valence electrons. The van der Waals surface area contributed by atoms with Crippen molar-refractivity contribution in [3.63, 3.8) is 0 Å². The van der Waals surface area contributed by atoms with E-state index in [2.05, 4.69) is 13.8 Å². The predicted molar refractivity (Wildman–Crippen MR) is 162 cm³/mol. The van der Waals surface area contributed by atoms with Crippen LogP contribution in [0, 0.1) is 35.3 Å². The first-order valence-electron chi connectivity index (χ1n) is 17.0. The second kappa shape index (κ2) is 18.1. The number of hydrogen-bond donors (Lipinski definition) is 0. The van der Waals surface area contributed by atoms with Gasteiger partial charge in [-0.3, -0.25) is 9.59 Å². The van der Waals surface area contributed by atoms with Crippen LogP contribution < -0.4 is 0 Å². The van der Waals surface area contributed by atoms with Crippen LogP contribution in [0.4, 0.5) is 8.78 Å². The fourth-order valence-electron chi connectivity index (χ4n) is 7.22. The molecule has 0 heterocycles. The molecule has 0 aliphatic heterocycles. The van der Waals surface area contributed by atoms with E-state index in [0.717, 1.165) is 51.4 Å². The molecule has 3 rings (SSSR count). The zero-order valence-corrected chi connectivity index (χ0v) is 25.6.